The number of amides is 1. The van der Waals surface area contributed by atoms with Crippen LogP contribution in [0.15, 0.2) is 42.5 Å². The highest BCUT2D eigenvalue weighted by atomic mass is 32.2. The average Bonchev–Trinajstić information content (AvgIpc) is 2.71. The van der Waals surface area contributed by atoms with Crippen molar-refractivity contribution in [2.45, 2.75) is 6.42 Å². The maximum absolute atomic E-state index is 12.2. The molecule has 0 heterocycles. The quantitative estimate of drug-likeness (QED) is 0.512. The fourth-order valence-electron chi connectivity index (χ4n) is 2.55. The average molecular weight is 437 g/mol. The van der Waals surface area contributed by atoms with Crippen molar-refractivity contribution in [1.82, 2.24) is 0 Å². The van der Waals surface area contributed by atoms with Gasteiger partial charge in [-0.2, -0.15) is 0 Å². The fraction of sp³-hybridized carbons (Fsp3) is 0.300. The summed E-state index contributed by atoms with van der Waals surface area (Å²) in [5.74, 6) is -1.25. The number of carboxylic acid groups (broad SMARTS) is 1. The summed E-state index contributed by atoms with van der Waals surface area (Å²) in [5.41, 5.74) is 0.520. The van der Waals surface area contributed by atoms with Gasteiger partial charge in [-0.05, 0) is 42.8 Å². The van der Waals surface area contributed by atoms with Gasteiger partial charge >= 0.3 is 5.97 Å². The van der Waals surface area contributed by atoms with Crippen LogP contribution in [0.4, 0.5) is 5.69 Å². The van der Waals surface area contributed by atoms with Crippen LogP contribution in [0.2, 0.25) is 0 Å². The monoisotopic (exact) mass is 437 g/mol. The summed E-state index contributed by atoms with van der Waals surface area (Å²) in [7, 11) is -0.689. The molecule has 30 heavy (non-hydrogen) atoms. The first-order valence-electron chi connectivity index (χ1n) is 8.92. The molecule has 2 aromatic carbocycles. The van der Waals surface area contributed by atoms with E-state index in [9.17, 15) is 18.0 Å². The number of carbonyl (C=O) groups is 2. The number of nitrogens with one attached hydrogen (secondary N) is 1. The molecule has 0 aliphatic carbocycles. The van der Waals surface area contributed by atoms with Crippen LogP contribution in [-0.4, -0.2) is 57.7 Å². The van der Waals surface area contributed by atoms with Crippen molar-refractivity contribution in [1.29, 1.82) is 0 Å². The maximum atomic E-state index is 12.2. The molecule has 0 aliphatic rings. The Balaban J connectivity index is 1.80. The second-order valence-corrected chi connectivity index (χ2v) is 8.43. The molecular weight excluding hydrogens is 414 g/mol. The smallest absolute Gasteiger partial charge is 0.335 e. The first kappa shape index (κ1) is 23.0. The van der Waals surface area contributed by atoms with Gasteiger partial charge in [0.1, 0.15) is 11.5 Å². The standard InChI is InChI=1S/C20H23NO8S/c1-27-17-9-6-15(12-18(17)28-2)21-19(22)13-30(25,26)11-3-10-29-16-7-4-14(5-8-16)20(23)24/h4-9,12H,3,10-11,13H2,1-2H3,(H,21,22)(H,23,24). The molecule has 0 saturated carbocycles. The molecule has 0 fully saturated rings. The zero-order chi connectivity index (χ0) is 22.1. The van der Waals surface area contributed by atoms with Gasteiger partial charge in [0.05, 0.1) is 32.1 Å². The van der Waals surface area contributed by atoms with Gasteiger partial charge in [-0.25, -0.2) is 13.2 Å². The van der Waals surface area contributed by atoms with E-state index in [0.29, 0.717) is 22.9 Å². The van der Waals surface area contributed by atoms with Crippen molar-refractivity contribution in [3.8, 4) is 17.2 Å². The largest absolute Gasteiger partial charge is 0.494 e. The Hall–Kier alpha value is -3.27. The molecule has 1 amide bonds. The van der Waals surface area contributed by atoms with Crippen LogP contribution in [0.25, 0.3) is 0 Å². The Morgan fingerprint density at radius 2 is 1.67 bits per heavy atom. The summed E-state index contributed by atoms with van der Waals surface area (Å²) in [6.45, 7) is 0.114. The first-order valence-corrected chi connectivity index (χ1v) is 10.7. The van der Waals surface area contributed by atoms with Crippen molar-refractivity contribution in [2.75, 3.05) is 37.6 Å². The lowest BCUT2D eigenvalue weighted by Crippen LogP contribution is -2.25. The van der Waals surface area contributed by atoms with Gasteiger partial charge in [0.2, 0.25) is 5.91 Å². The lowest BCUT2D eigenvalue weighted by Gasteiger charge is -2.11. The van der Waals surface area contributed by atoms with Crippen molar-refractivity contribution in [2.24, 2.45) is 0 Å². The number of hydrogen-bond donors (Lipinski definition) is 2. The van der Waals surface area contributed by atoms with Crippen LogP contribution in [0.1, 0.15) is 16.8 Å². The predicted molar refractivity (Wildman–Crippen MR) is 110 cm³/mol. The van der Waals surface area contributed by atoms with E-state index in [-0.39, 0.29) is 24.3 Å². The summed E-state index contributed by atoms with van der Waals surface area (Å²) in [4.78, 5) is 22.9. The lowest BCUT2D eigenvalue weighted by molar-refractivity contribution is -0.113. The highest BCUT2D eigenvalue weighted by molar-refractivity contribution is 7.92. The van der Waals surface area contributed by atoms with E-state index >= 15 is 0 Å². The number of ether oxygens (including phenoxy) is 3. The van der Waals surface area contributed by atoms with E-state index in [0.717, 1.165) is 0 Å². The number of carbonyl (C=O) groups excluding carboxylic acids is 1. The van der Waals surface area contributed by atoms with Gasteiger partial charge in [-0.1, -0.05) is 0 Å². The zero-order valence-electron chi connectivity index (χ0n) is 16.6. The van der Waals surface area contributed by atoms with E-state index < -0.39 is 27.5 Å². The SMILES string of the molecule is COc1ccc(NC(=O)CS(=O)(=O)CCCOc2ccc(C(=O)O)cc2)cc1OC. The summed E-state index contributed by atoms with van der Waals surface area (Å²) < 4.78 is 40.0. The molecule has 2 rings (SSSR count). The molecule has 0 saturated heterocycles. The number of carboxylic acids is 1. The number of sulfone groups is 1. The van der Waals surface area contributed by atoms with Crippen molar-refractivity contribution < 1.29 is 37.3 Å². The van der Waals surface area contributed by atoms with Gasteiger partial charge in [-0.15, -0.1) is 0 Å². The molecule has 0 unspecified atom stereocenters. The van der Waals surface area contributed by atoms with Crippen LogP contribution in [0, 0.1) is 0 Å². The molecule has 162 valence electrons. The zero-order valence-corrected chi connectivity index (χ0v) is 17.4. The third-order valence-corrected chi connectivity index (χ3v) is 5.60. The molecule has 0 spiro atoms. The molecule has 0 radical (unpaired) electrons. The Kier molecular flexibility index (Phi) is 8.05. The van der Waals surface area contributed by atoms with Gasteiger partial charge in [0.25, 0.3) is 0 Å². The molecule has 10 heteroatoms. The minimum Gasteiger partial charge on any atom is -0.494 e. The summed E-state index contributed by atoms with van der Waals surface area (Å²) in [6, 6.07) is 10.5. The van der Waals surface area contributed by atoms with Crippen LogP contribution in [0.5, 0.6) is 17.2 Å². The molecule has 0 bridgehead atoms. The predicted octanol–water partition coefficient (Wildman–Crippen LogP) is 2.22. The first-order chi connectivity index (χ1) is 14.2. The molecule has 2 aromatic rings. The van der Waals surface area contributed by atoms with E-state index in [1.165, 1.54) is 44.6 Å². The minimum absolute atomic E-state index is 0.114. The molecule has 0 atom stereocenters. The highest BCUT2D eigenvalue weighted by Crippen LogP contribution is 2.29. The van der Waals surface area contributed by atoms with Crippen LogP contribution >= 0.6 is 0 Å². The number of benzene rings is 2. The number of methoxy groups -OCH3 is 2. The van der Waals surface area contributed by atoms with Crippen molar-refractivity contribution in [3.05, 3.63) is 48.0 Å². The number of anilines is 1. The summed E-state index contributed by atoms with van der Waals surface area (Å²) >= 11 is 0. The molecular formula is C20H23NO8S. The number of rotatable bonds is 11. The summed E-state index contributed by atoms with van der Waals surface area (Å²) in [6.07, 6.45) is 0.187. The van der Waals surface area contributed by atoms with Gasteiger partial charge < -0.3 is 24.6 Å². The van der Waals surface area contributed by atoms with E-state index in [2.05, 4.69) is 5.32 Å². The lowest BCUT2D eigenvalue weighted by atomic mass is 10.2. The van der Waals surface area contributed by atoms with Gasteiger partial charge in [-0.3, -0.25) is 4.79 Å². The Labute approximate surface area is 174 Å². The van der Waals surface area contributed by atoms with Crippen LogP contribution < -0.4 is 19.5 Å². The van der Waals surface area contributed by atoms with E-state index in [4.69, 9.17) is 19.3 Å². The molecule has 0 aliphatic heterocycles. The van der Waals surface area contributed by atoms with Gasteiger partial charge in [0.15, 0.2) is 21.3 Å². The Bertz CT molecular complexity index is 986. The topological polar surface area (TPSA) is 128 Å². The number of aromatic carboxylic acids is 1. The highest BCUT2D eigenvalue weighted by Gasteiger charge is 2.17. The van der Waals surface area contributed by atoms with Crippen molar-refractivity contribution >= 4 is 27.4 Å². The minimum atomic E-state index is -3.63. The number of hydrogen-bond acceptors (Lipinski definition) is 7. The van der Waals surface area contributed by atoms with Crippen molar-refractivity contribution in [3.63, 3.8) is 0 Å². The second-order valence-electron chi connectivity index (χ2n) is 6.24. The fourth-order valence-corrected chi connectivity index (χ4v) is 3.72. The van der Waals surface area contributed by atoms with Crippen LogP contribution in [-0.2, 0) is 14.6 Å². The summed E-state index contributed by atoms with van der Waals surface area (Å²) in [5, 5.41) is 11.4. The van der Waals surface area contributed by atoms with Gasteiger partial charge in [0, 0.05) is 11.8 Å². The normalized spacial score (nSPS) is 10.9. The Morgan fingerprint density at radius 1 is 1.00 bits per heavy atom. The second kappa shape index (κ2) is 10.5. The van der Waals surface area contributed by atoms with E-state index in [1.54, 1.807) is 12.1 Å². The third-order valence-electron chi connectivity index (χ3n) is 3.99. The maximum Gasteiger partial charge on any atom is 0.335 e. The molecule has 9 nitrogen and oxygen atoms in total. The van der Waals surface area contributed by atoms with Crippen LogP contribution in [0.3, 0.4) is 0 Å². The Morgan fingerprint density at radius 3 is 2.27 bits per heavy atom. The van der Waals surface area contributed by atoms with E-state index in [1.807, 2.05) is 0 Å². The molecule has 2 N–H and O–H groups in total. The third kappa shape index (κ3) is 6.96. The molecule has 0 aromatic heterocycles.